The first-order valence-corrected chi connectivity index (χ1v) is 15.4. The van der Waals surface area contributed by atoms with Crippen LogP contribution in [0, 0.1) is 41.9 Å². The van der Waals surface area contributed by atoms with E-state index >= 15 is 0 Å². The number of Topliss-reactive ketones (excluding diaryl/α,β-unsaturated/α-hetero) is 2. The van der Waals surface area contributed by atoms with Crippen molar-refractivity contribution in [3.05, 3.63) is 17.5 Å². The second-order valence-corrected chi connectivity index (χ2v) is 12.8. The molecule has 0 aromatic carbocycles. The summed E-state index contributed by atoms with van der Waals surface area (Å²) in [5.74, 6) is 1.92. The van der Waals surface area contributed by atoms with Crippen LogP contribution in [0.3, 0.4) is 0 Å². The summed E-state index contributed by atoms with van der Waals surface area (Å²) in [6.07, 6.45) is 3.73. The Morgan fingerprint density at radius 1 is 1.18 bits per heavy atom. The number of alkyl carbamates (subject to hydrolysis) is 1. The molecule has 236 valence electrons. The molecule has 14 heteroatoms. The fourth-order valence-electron chi connectivity index (χ4n) is 5.90. The number of rotatable bonds is 4. The number of hydrogen-bond donors (Lipinski definition) is 1. The quantitative estimate of drug-likeness (QED) is 0.301. The molecule has 2 aromatic rings. The Balaban J connectivity index is 1.57. The Hall–Kier alpha value is -3.70. The highest BCUT2D eigenvalue weighted by Crippen LogP contribution is 2.38. The SMILES string of the molecule is CC[C@H]1OC(=O)[C@H](C)C(=O)[C@H](C)[C][C@](C)(OCC#Cc2cnc(-c3nnn(C)n3)s2)C[C@@H](C)C(=O)[C@H](C)[C@H]2NC(=O)O[C@@]21C. The third kappa shape index (κ3) is 6.99. The summed E-state index contributed by atoms with van der Waals surface area (Å²) < 4.78 is 17.6. The highest BCUT2D eigenvalue weighted by molar-refractivity contribution is 7.15. The summed E-state index contributed by atoms with van der Waals surface area (Å²) in [5.41, 5.74) is -2.50. The Morgan fingerprint density at radius 3 is 2.57 bits per heavy atom. The number of nitrogens with zero attached hydrogens (tertiary/aromatic N) is 5. The number of ether oxygens (including phenoxy) is 3. The lowest BCUT2D eigenvalue weighted by Gasteiger charge is -2.39. The predicted molar refractivity (Wildman–Crippen MR) is 158 cm³/mol. The minimum Gasteiger partial charge on any atom is -0.458 e. The lowest BCUT2D eigenvalue weighted by Crippen LogP contribution is -2.57. The van der Waals surface area contributed by atoms with Gasteiger partial charge in [-0.1, -0.05) is 39.5 Å². The number of hydrogen-bond acceptors (Lipinski definition) is 12. The van der Waals surface area contributed by atoms with Crippen molar-refractivity contribution >= 4 is 35.0 Å². The van der Waals surface area contributed by atoms with E-state index in [2.05, 4.69) is 44.0 Å². The van der Waals surface area contributed by atoms with Gasteiger partial charge in [-0.25, -0.2) is 9.78 Å². The highest BCUT2D eigenvalue weighted by Gasteiger charge is 2.56. The van der Waals surface area contributed by atoms with Crippen LogP contribution >= 0.6 is 11.3 Å². The number of nitrogens with one attached hydrogen (secondary N) is 1. The van der Waals surface area contributed by atoms with E-state index in [1.54, 1.807) is 54.8 Å². The molecule has 44 heavy (non-hydrogen) atoms. The number of tetrazole rings is 1. The van der Waals surface area contributed by atoms with E-state index in [4.69, 9.17) is 14.2 Å². The monoisotopic (exact) mass is 626 g/mol. The predicted octanol–water partition coefficient (Wildman–Crippen LogP) is 2.82. The molecule has 4 heterocycles. The van der Waals surface area contributed by atoms with Crippen molar-refractivity contribution in [3.63, 3.8) is 0 Å². The summed E-state index contributed by atoms with van der Waals surface area (Å²) in [4.78, 5) is 59.0. The van der Waals surface area contributed by atoms with Gasteiger partial charge in [0.05, 0.1) is 29.8 Å². The van der Waals surface area contributed by atoms with Gasteiger partial charge in [0.2, 0.25) is 5.82 Å². The van der Waals surface area contributed by atoms with Gasteiger partial charge in [0, 0.05) is 24.2 Å². The van der Waals surface area contributed by atoms with Gasteiger partial charge in [-0.15, -0.1) is 21.5 Å². The molecular formula is C30H38N6O7S. The fourth-order valence-corrected chi connectivity index (χ4v) is 6.61. The van der Waals surface area contributed by atoms with E-state index in [1.165, 1.54) is 23.1 Å². The topological polar surface area (TPSA) is 164 Å². The summed E-state index contributed by atoms with van der Waals surface area (Å²) in [7, 11) is 1.66. The number of amides is 1. The molecule has 1 amide bonds. The Labute approximate surface area is 260 Å². The van der Waals surface area contributed by atoms with Crippen LogP contribution in [0.2, 0.25) is 0 Å². The van der Waals surface area contributed by atoms with E-state index < -0.39 is 64.9 Å². The second kappa shape index (κ2) is 13.1. The smallest absolute Gasteiger partial charge is 0.408 e. The molecule has 2 radical (unpaired) electrons. The standard InChI is InChI=1S/C30H38N6O7S/c1-9-21-30(7)24(32-28(40)43-30)18(4)22(37)16(2)13-29(6,14-17(3)23(38)19(5)27(39)42-21)41-12-10-11-20-15-31-26(44-20)25-33-35-36(8)34-25/h15-19,21,24H,9,12-13H2,1-8H3,(H,32,40)/t16-,17-,18+,19-,21-,24-,29-,30-/m1/s1. The summed E-state index contributed by atoms with van der Waals surface area (Å²) in [6.45, 7) is 11.8. The van der Waals surface area contributed by atoms with E-state index in [0.717, 1.165) is 0 Å². The van der Waals surface area contributed by atoms with Crippen LogP contribution in [-0.4, -0.2) is 78.8 Å². The molecule has 2 aliphatic rings. The van der Waals surface area contributed by atoms with Crippen LogP contribution < -0.4 is 5.32 Å². The maximum Gasteiger partial charge on any atom is 0.408 e. The lowest BCUT2D eigenvalue weighted by molar-refractivity contribution is -0.170. The maximum absolute atomic E-state index is 13.8. The average molecular weight is 627 g/mol. The number of fused-ring (bicyclic) bond motifs is 1. The van der Waals surface area contributed by atoms with Crippen LogP contribution in [0.1, 0.15) is 66.2 Å². The van der Waals surface area contributed by atoms with Crippen LogP contribution in [0.5, 0.6) is 0 Å². The van der Waals surface area contributed by atoms with Crippen LogP contribution in [-0.2, 0) is 35.6 Å². The molecule has 4 rings (SSSR count). The average Bonchev–Trinajstić information content (AvgIpc) is 3.70. The molecule has 0 bridgehead atoms. The minimum atomic E-state index is -1.32. The second-order valence-electron chi connectivity index (χ2n) is 11.8. The molecule has 0 spiro atoms. The van der Waals surface area contributed by atoms with Gasteiger partial charge < -0.3 is 19.5 Å². The molecule has 2 aliphatic heterocycles. The van der Waals surface area contributed by atoms with Crippen LogP contribution in [0.15, 0.2) is 6.20 Å². The first-order chi connectivity index (χ1) is 20.7. The van der Waals surface area contributed by atoms with Crippen LogP contribution in [0.4, 0.5) is 4.79 Å². The number of carbonyl (C=O) groups excluding carboxylic acids is 4. The minimum absolute atomic E-state index is 0.0299. The third-order valence-corrected chi connectivity index (χ3v) is 9.12. The lowest BCUT2D eigenvalue weighted by atomic mass is 9.74. The molecule has 1 N–H and O–H groups in total. The van der Waals surface area contributed by atoms with Gasteiger partial charge in [-0.3, -0.25) is 14.4 Å². The zero-order valence-electron chi connectivity index (χ0n) is 26.2. The van der Waals surface area contributed by atoms with Crippen molar-refractivity contribution in [1.82, 2.24) is 30.5 Å². The zero-order chi connectivity index (χ0) is 32.4. The van der Waals surface area contributed by atoms with Crippen molar-refractivity contribution in [2.75, 3.05) is 6.61 Å². The Morgan fingerprint density at radius 2 is 1.91 bits per heavy atom. The third-order valence-electron chi connectivity index (χ3n) is 8.21. The Kier molecular flexibility index (Phi) is 9.90. The van der Waals surface area contributed by atoms with Gasteiger partial charge in [0.1, 0.15) is 30.2 Å². The number of carbonyl (C=O) groups is 4. The molecular weight excluding hydrogens is 588 g/mol. The molecule has 13 nitrogen and oxygen atoms in total. The van der Waals surface area contributed by atoms with Crippen molar-refractivity contribution in [2.45, 2.75) is 84.7 Å². The Bertz CT molecular complexity index is 1480. The van der Waals surface area contributed by atoms with Crippen molar-refractivity contribution in [3.8, 4) is 22.7 Å². The van der Waals surface area contributed by atoms with Gasteiger partial charge in [-0.05, 0) is 38.8 Å². The zero-order valence-corrected chi connectivity index (χ0v) is 27.0. The van der Waals surface area contributed by atoms with Gasteiger partial charge in [-0.2, -0.15) is 4.80 Å². The molecule has 8 atom stereocenters. The van der Waals surface area contributed by atoms with Crippen molar-refractivity contribution in [2.24, 2.45) is 30.7 Å². The molecule has 0 saturated carbocycles. The summed E-state index contributed by atoms with van der Waals surface area (Å²) >= 11 is 1.31. The first-order valence-electron chi connectivity index (χ1n) is 14.6. The number of aryl methyl sites for hydroxylation is 1. The molecule has 0 unspecified atom stereocenters. The molecule has 2 saturated heterocycles. The number of ketones is 2. The number of thiazole rings is 1. The van der Waals surface area contributed by atoms with Gasteiger partial charge in [0.15, 0.2) is 10.6 Å². The van der Waals surface area contributed by atoms with Crippen LogP contribution in [0.25, 0.3) is 10.8 Å². The van der Waals surface area contributed by atoms with E-state index in [0.29, 0.717) is 22.1 Å². The highest BCUT2D eigenvalue weighted by atomic mass is 32.1. The van der Waals surface area contributed by atoms with E-state index in [9.17, 15) is 19.2 Å². The van der Waals surface area contributed by atoms with Crippen molar-refractivity contribution < 1.29 is 33.4 Å². The summed E-state index contributed by atoms with van der Waals surface area (Å²) in [5, 5.41) is 15.2. The molecule has 2 fully saturated rings. The van der Waals surface area contributed by atoms with E-state index in [1.807, 2.05) is 0 Å². The first kappa shape index (κ1) is 33.2. The van der Waals surface area contributed by atoms with Gasteiger partial charge in [0.25, 0.3) is 0 Å². The number of aromatic nitrogens is 5. The number of cyclic esters (lactones) is 1. The largest absolute Gasteiger partial charge is 0.458 e. The number of esters is 1. The fraction of sp³-hybridized carbons (Fsp3) is 0.633. The van der Waals surface area contributed by atoms with E-state index in [-0.39, 0.29) is 18.8 Å². The van der Waals surface area contributed by atoms with Gasteiger partial charge >= 0.3 is 12.1 Å². The maximum atomic E-state index is 13.8. The van der Waals surface area contributed by atoms with Crippen molar-refractivity contribution in [1.29, 1.82) is 0 Å². The summed E-state index contributed by atoms with van der Waals surface area (Å²) in [6, 6.07) is -0.761. The normalized spacial score (nSPS) is 33.4. The molecule has 2 aromatic heterocycles. The molecule has 0 aliphatic carbocycles.